The molecule has 7 N–H and O–H groups in total. The van der Waals surface area contributed by atoms with E-state index in [-0.39, 0.29) is 36.3 Å². The molecule has 2 amide bonds. The van der Waals surface area contributed by atoms with Crippen molar-refractivity contribution in [3.8, 4) is 11.1 Å². The maximum absolute atomic E-state index is 14.0. The maximum Gasteiger partial charge on any atom is 0.323 e. The number of nitrogens with two attached hydrogens (primary N) is 2. The molecule has 242 valence electrons. The van der Waals surface area contributed by atoms with Crippen LogP contribution in [0.4, 0.5) is 5.69 Å². The largest absolute Gasteiger partial charge is 0.342 e. The fourth-order valence-corrected chi connectivity index (χ4v) is 6.45. The van der Waals surface area contributed by atoms with Crippen LogP contribution in [0, 0.1) is 18.8 Å². The highest BCUT2D eigenvalue weighted by Gasteiger charge is 2.35. The Morgan fingerprint density at radius 1 is 0.935 bits per heavy atom. The number of rotatable bonds is 8. The first-order valence-corrected chi connectivity index (χ1v) is 15.8. The molecule has 6 rings (SSSR count). The summed E-state index contributed by atoms with van der Waals surface area (Å²) in [5.74, 6) is 0.646. The van der Waals surface area contributed by atoms with Crippen molar-refractivity contribution in [3.05, 3.63) is 82.0 Å². The first-order valence-electron chi connectivity index (χ1n) is 15.8. The van der Waals surface area contributed by atoms with E-state index in [1.807, 2.05) is 24.3 Å². The van der Waals surface area contributed by atoms with E-state index in [1.165, 1.54) is 4.90 Å². The van der Waals surface area contributed by atoms with Crippen LogP contribution in [0.1, 0.15) is 62.4 Å². The van der Waals surface area contributed by atoms with Crippen molar-refractivity contribution in [2.45, 2.75) is 64.8 Å². The Morgan fingerprint density at radius 2 is 1.63 bits per heavy atom. The third-order valence-electron chi connectivity index (χ3n) is 9.16. The molecule has 46 heavy (non-hydrogen) atoms. The topological polar surface area (TPSA) is 167 Å². The second-order valence-corrected chi connectivity index (χ2v) is 12.7. The number of carbonyl (C=O) groups excluding carboxylic acids is 2. The van der Waals surface area contributed by atoms with E-state index in [9.17, 15) is 14.4 Å². The van der Waals surface area contributed by atoms with Gasteiger partial charge in [-0.3, -0.25) is 9.59 Å². The smallest absolute Gasteiger partial charge is 0.323 e. The number of imide groups is 1. The minimum atomic E-state index is -0.947. The van der Waals surface area contributed by atoms with E-state index in [1.54, 1.807) is 18.2 Å². The number of nitrogens with one attached hydrogen (secondary N) is 3. The minimum absolute atomic E-state index is 0. The number of halogens is 1. The maximum atomic E-state index is 14.0. The molecule has 2 heterocycles. The fraction of sp³-hybridized carbons (Fsp3) is 0.371. The van der Waals surface area contributed by atoms with Gasteiger partial charge >= 0.3 is 5.69 Å². The predicted octanol–water partition coefficient (Wildman–Crippen LogP) is 5.45. The first-order chi connectivity index (χ1) is 21.6. The average molecular weight is 644 g/mol. The number of H-pyrrole nitrogens is 3. The highest BCUT2D eigenvalue weighted by Crippen LogP contribution is 2.32. The van der Waals surface area contributed by atoms with Crippen LogP contribution in [0.15, 0.2) is 59.4 Å². The molecule has 0 spiro atoms. The lowest BCUT2D eigenvalue weighted by molar-refractivity contribution is -0.130. The third-order valence-corrected chi connectivity index (χ3v) is 9.16. The Morgan fingerprint density at radius 3 is 2.30 bits per heavy atom. The van der Waals surface area contributed by atoms with Gasteiger partial charge in [0, 0.05) is 11.8 Å². The number of aryl methyl sites for hydroxylation is 1. The number of hydrogen-bond donors (Lipinski definition) is 5. The van der Waals surface area contributed by atoms with E-state index in [0.29, 0.717) is 47.9 Å². The lowest BCUT2D eigenvalue weighted by Crippen LogP contribution is -2.50. The molecule has 0 saturated heterocycles. The summed E-state index contributed by atoms with van der Waals surface area (Å²) in [7, 11) is 0. The number of benzene rings is 3. The molecular weight excluding hydrogens is 602 g/mol. The van der Waals surface area contributed by atoms with Crippen LogP contribution in [-0.2, 0) is 16.0 Å². The van der Waals surface area contributed by atoms with Gasteiger partial charge in [0.15, 0.2) is 0 Å². The number of hydrogen-bond acceptors (Lipinski definition) is 6. The van der Waals surface area contributed by atoms with Crippen molar-refractivity contribution in [3.63, 3.8) is 0 Å². The van der Waals surface area contributed by atoms with Gasteiger partial charge in [-0.15, -0.1) is 12.4 Å². The van der Waals surface area contributed by atoms with Gasteiger partial charge in [-0.25, -0.2) is 14.7 Å². The molecule has 0 unspecified atom stereocenters. The van der Waals surface area contributed by atoms with Crippen LogP contribution in [0.25, 0.3) is 33.2 Å². The number of carbonyl (C=O) groups is 2. The molecule has 1 aliphatic carbocycles. The Bertz CT molecular complexity index is 1920. The second-order valence-electron chi connectivity index (χ2n) is 12.7. The number of aromatic amines is 3. The molecule has 1 fully saturated rings. The van der Waals surface area contributed by atoms with Gasteiger partial charge in [-0.1, -0.05) is 38.1 Å². The zero-order valence-corrected chi connectivity index (χ0v) is 27.2. The molecule has 0 bridgehead atoms. The Hall–Kier alpha value is -4.25. The molecule has 3 aromatic carbocycles. The van der Waals surface area contributed by atoms with Gasteiger partial charge in [-0.05, 0) is 104 Å². The van der Waals surface area contributed by atoms with Gasteiger partial charge in [0.2, 0.25) is 5.91 Å². The number of imidazole rings is 2. The molecular formula is C35H42ClN7O3. The molecule has 1 atom stereocenters. The van der Waals surface area contributed by atoms with E-state index in [4.69, 9.17) is 16.5 Å². The van der Waals surface area contributed by atoms with Gasteiger partial charge in [0.1, 0.15) is 5.82 Å². The molecule has 1 saturated carbocycles. The zero-order chi connectivity index (χ0) is 31.8. The molecule has 0 radical (unpaired) electrons. The SMILES string of the molecule is Cc1cc2[nH]c(C(C)C)nc2cc1-c1ccc(C[C@H](N)C(=O)N(C(=O)C2CCC(CN)CC2)c2ccc3[nH]c(=O)[nH]c3c2)cc1.Cl. The predicted molar refractivity (Wildman–Crippen MR) is 185 cm³/mol. The Labute approximate surface area is 273 Å². The van der Waals surface area contributed by atoms with Crippen LogP contribution >= 0.6 is 12.4 Å². The lowest BCUT2D eigenvalue weighted by Gasteiger charge is -2.32. The minimum Gasteiger partial charge on any atom is -0.342 e. The summed E-state index contributed by atoms with van der Waals surface area (Å²) in [5.41, 5.74) is 19.7. The summed E-state index contributed by atoms with van der Waals surface area (Å²) >= 11 is 0. The summed E-state index contributed by atoms with van der Waals surface area (Å²) in [6.07, 6.45) is 3.31. The van der Waals surface area contributed by atoms with Crippen LogP contribution in [0.2, 0.25) is 0 Å². The van der Waals surface area contributed by atoms with E-state index < -0.39 is 11.9 Å². The average Bonchev–Trinajstić information content (AvgIpc) is 3.63. The molecule has 1 aliphatic rings. The van der Waals surface area contributed by atoms with E-state index in [2.05, 4.69) is 47.9 Å². The normalized spacial score (nSPS) is 17.3. The van der Waals surface area contributed by atoms with Crippen molar-refractivity contribution in [2.24, 2.45) is 23.3 Å². The molecule has 2 aromatic heterocycles. The highest BCUT2D eigenvalue weighted by molar-refractivity contribution is 6.17. The molecule has 11 heteroatoms. The van der Waals surface area contributed by atoms with E-state index >= 15 is 0 Å². The first kappa shape index (κ1) is 33.1. The van der Waals surface area contributed by atoms with Crippen LogP contribution in [-0.4, -0.2) is 44.3 Å². The number of amides is 2. The quantitative estimate of drug-likeness (QED) is 0.151. The van der Waals surface area contributed by atoms with E-state index in [0.717, 1.165) is 52.0 Å². The number of anilines is 1. The summed E-state index contributed by atoms with van der Waals surface area (Å²) in [6.45, 7) is 6.91. The highest BCUT2D eigenvalue weighted by atomic mass is 35.5. The summed E-state index contributed by atoms with van der Waals surface area (Å²) in [4.78, 5) is 54.6. The summed E-state index contributed by atoms with van der Waals surface area (Å²) in [5, 5.41) is 0. The Kier molecular flexibility index (Phi) is 9.81. The number of aromatic nitrogens is 4. The lowest BCUT2D eigenvalue weighted by atomic mass is 9.81. The van der Waals surface area contributed by atoms with Crippen LogP contribution in [0.3, 0.4) is 0 Å². The molecule has 0 aliphatic heterocycles. The zero-order valence-electron chi connectivity index (χ0n) is 26.4. The van der Waals surface area contributed by atoms with Crippen LogP contribution < -0.4 is 22.1 Å². The summed E-state index contributed by atoms with van der Waals surface area (Å²) in [6, 6.07) is 16.3. The molecule has 10 nitrogen and oxygen atoms in total. The monoisotopic (exact) mass is 643 g/mol. The molecule has 5 aromatic rings. The third kappa shape index (κ3) is 6.65. The van der Waals surface area contributed by atoms with Crippen LogP contribution in [0.5, 0.6) is 0 Å². The van der Waals surface area contributed by atoms with Gasteiger partial charge < -0.3 is 26.4 Å². The van der Waals surface area contributed by atoms with Crippen molar-refractivity contribution < 1.29 is 9.59 Å². The number of fused-ring (bicyclic) bond motifs is 2. The fourth-order valence-electron chi connectivity index (χ4n) is 6.45. The Balaban J connectivity index is 0.00000417. The van der Waals surface area contributed by atoms with Gasteiger partial charge in [0.05, 0.1) is 33.8 Å². The van der Waals surface area contributed by atoms with Crippen molar-refractivity contribution in [2.75, 3.05) is 11.4 Å². The van der Waals surface area contributed by atoms with Crippen molar-refractivity contribution >= 4 is 52.0 Å². The second kappa shape index (κ2) is 13.6. The summed E-state index contributed by atoms with van der Waals surface area (Å²) < 4.78 is 0. The number of nitrogens with zero attached hydrogens (tertiary/aromatic N) is 2. The van der Waals surface area contributed by atoms with Crippen molar-refractivity contribution in [1.29, 1.82) is 0 Å². The van der Waals surface area contributed by atoms with Gasteiger partial charge in [0.25, 0.3) is 5.91 Å². The standard InChI is InChI=1S/C35H41N7O3.ClH/c1-19(2)32-38-29-14-20(3)26(17-31(29)39-32)23-8-4-21(5-9-23)15-27(37)34(44)42(33(43)24-10-6-22(18-36)7-11-24)25-12-13-28-30(16-25)41-35(45)40-28;/h4-5,8-9,12-14,16-17,19,22,24,27H,6-7,10-11,15,18,36-37H2,1-3H3,(H,38,39)(H2,40,41,45);1H/t22?,24?,27-;/m0./s1. The van der Waals surface area contributed by atoms with Gasteiger partial charge in [-0.2, -0.15) is 0 Å². The van der Waals surface area contributed by atoms with Crippen molar-refractivity contribution in [1.82, 2.24) is 19.9 Å².